The summed E-state index contributed by atoms with van der Waals surface area (Å²) in [7, 11) is 0. The zero-order valence-corrected chi connectivity index (χ0v) is 12.2. The van der Waals surface area contributed by atoms with Crippen molar-refractivity contribution in [3.05, 3.63) is 51.2 Å². The van der Waals surface area contributed by atoms with Crippen molar-refractivity contribution in [1.29, 1.82) is 0 Å². The molecular weight excluding hydrogens is 288 g/mol. The van der Waals surface area contributed by atoms with Crippen molar-refractivity contribution in [3.63, 3.8) is 0 Å². The SMILES string of the molecule is CC(=O)c1csc(C(=O)Oc2ccc3c(c2)CCC3=O)c1. The maximum atomic E-state index is 12.0. The van der Waals surface area contributed by atoms with Crippen LogP contribution in [0.1, 0.15) is 49.3 Å². The lowest BCUT2D eigenvalue weighted by Gasteiger charge is -2.04. The van der Waals surface area contributed by atoms with Gasteiger partial charge >= 0.3 is 5.97 Å². The van der Waals surface area contributed by atoms with Gasteiger partial charge in [0, 0.05) is 22.9 Å². The van der Waals surface area contributed by atoms with E-state index in [-0.39, 0.29) is 11.6 Å². The minimum Gasteiger partial charge on any atom is -0.422 e. The first-order chi connectivity index (χ1) is 10.0. The fraction of sp³-hybridized carbons (Fsp3) is 0.188. The summed E-state index contributed by atoms with van der Waals surface area (Å²) in [4.78, 5) is 35.2. The standard InChI is InChI=1S/C16H12O4S/c1-9(17)11-7-15(21-8-11)16(19)20-12-3-4-13-10(6-12)2-5-14(13)18/h3-4,6-8H,2,5H2,1H3. The lowest BCUT2D eigenvalue weighted by Crippen LogP contribution is -2.07. The lowest BCUT2D eigenvalue weighted by atomic mass is 10.1. The summed E-state index contributed by atoms with van der Waals surface area (Å²) >= 11 is 1.18. The molecule has 0 N–H and O–H groups in total. The van der Waals surface area contributed by atoms with Crippen LogP contribution in [0.2, 0.25) is 0 Å². The Morgan fingerprint density at radius 3 is 2.71 bits per heavy atom. The molecule has 21 heavy (non-hydrogen) atoms. The van der Waals surface area contributed by atoms with Crippen molar-refractivity contribution in [2.45, 2.75) is 19.8 Å². The van der Waals surface area contributed by atoms with Crippen molar-refractivity contribution in [2.24, 2.45) is 0 Å². The lowest BCUT2D eigenvalue weighted by molar-refractivity contribution is 0.0739. The van der Waals surface area contributed by atoms with E-state index in [1.54, 1.807) is 23.6 Å². The van der Waals surface area contributed by atoms with Gasteiger partial charge < -0.3 is 4.74 Å². The predicted molar refractivity (Wildman–Crippen MR) is 78.4 cm³/mol. The summed E-state index contributed by atoms with van der Waals surface area (Å²) < 4.78 is 5.30. The van der Waals surface area contributed by atoms with Gasteiger partial charge in [-0.3, -0.25) is 9.59 Å². The highest BCUT2D eigenvalue weighted by Gasteiger charge is 2.20. The number of hydrogen-bond donors (Lipinski definition) is 0. The smallest absolute Gasteiger partial charge is 0.353 e. The van der Waals surface area contributed by atoms with Crippen LogP contribution in [0.5, 0.6) is 5.75 Å². The summed E-state index contributed by atoms with van der Waals surface area (Å²) in [5.74, 6) is -0.0171. The first-order valence-electron chi connectivity index (χ1n) is 6.52. The van der Waals surface area contributed by atoms with E-state index in [1.807, 2.05) is 0 Å². The van der Waals surface area contributed by atoms with E-state index in [0.29, 0.717) is 34.6 Å². The zero-order valence-electron chi connectivity index (χ0n) is 11.3. The van der Waals surface area contributed by atoms with Crippen LogP contribution in [0.3, 0.4) is 0 Å². The van der Waals surface area contributed by atoms with Crippen molar-refractivity contribution in [3.8, 4) is 5.75 Å². The fourth-order valence-electron chi connectivity index (χ4n) is 2.28. The summed E-state index contributed by atoms with van der Waals surface area (Å²) in [6, 6.07) is 6.59. The number of esters is 1. The number of fused-ring (bicyclic) bond motifs is 1. The Bertz CT molecular complexity index is 757. The summed E-state index contributed by atoms with van der Waals surface area (Å²) in [6.45, 7) is 1.45. The van der Waals surface area contributed by atoms with Gasteiger partial charge in [-0.05, 0) is 43.2 Å². The Morgan fingerprint density at radius 2 is 2.00 bits per heavy atom. The van der Waals surface area contributed by atoms with Crippen molar-refractivity contribution >= 4 is 28.9 Å². The van der Waals surface area contributed by atoms with Gasteiger partial charge in [-0.15, -0.1) is 11.3 Å². The molecule has 0 bridgehead atoms. The molecule has 1 aliphatic carbocycles. The number of hydrogen-bond acceptors (Lipinski definition) is 5. The summed E-state index contributed by atoms with van der Waals surface area (Å²) in [6.07, 6.45) is 1.20. The Balaban J connectivity index is 1.78. The van der Waals surface area contributed by atoms with Gasteiger partial charge in [-0.1, -0.05) is 0 Å². The van der Waals surface area contributed by atoms with Crippen molar-refractivity contribution in [1.82, 2.24) is 0 Å². The number of rotatable bonds is 3. The average Bonchev–Trinajstić information content (AvgIpc) is 3.06. The van der Waals surface area contributed by atoms with E-state index in [1.165, 1.54) is 24.3 Å². The molecule has 0 radical (unpaired) electrons. The Hall–Kier alpha value is -2.27. The number of carbonyl (C=O) groups is 3. The fourth-order valence-corrected chi connectivity index (χ4v) is 3.10. The van der Waals surface area contributed by atoms with Crippen LogP contribution in [-0.2, 0) is 6.42 Å². The molecule has 0 saturated carbocycles. The molecule has 1 heterocycles. The number of thiophene rings is 1. The maximum Gasteiger partial charge on any atom is 0.353 e. The molecule has 5 heteroatoms. The molecule has 4 nitrogen and oxygen atoms in total. The third kappa shape index (κ3) is 2.64. The second-order valence-electron chi connectivity index (χ2n) is 4.89. The molecule has 0 unspecified atom stereocenters. The van der Waals surface area contributed by atoms with Gasteiger partial charge in [0.1, 0.15) is 10.6 Å². The third-order valence-corrected chi connectivity index (χ3v) is 4.33. The van der Waals surface area contributed by atoms with Crippen LogP contribution in [0.25, 0.3) is 0 Å². The van der Waals surface area contributed by atoms with Crippen molar-refractivity contribution < 1.29 is 19.1 Å². The van der Waals surface area contributed by atoms with E-state index in [9.17, 15) is 14.4 Å². The number of Topliss-reactive ketones (excluding diaryl/α,β-unsaturated/α-hetero) is 2. The zero-order chi connectivity index (χ0) is 15.0. The minimum absolute atomic E-state index is 0.0821. The molecule has 0 saturated heterocycles. The highest BCUT2D eigenvalue weighted by atomic mass is 32.1. The first-order valence-corrected chi connectivity index (χ1v) is 7.40. The number of ether oxygens (including phenoxy) is 1. The molecule has 1 aromatic heterocycles. The molecule has 1 aromatic carbocycles. The van der Waals surface area contributed by atoms with Gasteiger partial charge in [0.2, 0.25) is 0 Å². The van der Waals surface area contributed by atoms with Crippen LogP contribution in [0, 0.1) is 0 Å². The molecule has 0 aliphatic heterocycles. The Kier molecular flexibility index (Phi) is 3.43. The second kappa shape index (κ2) is 5.26. The van der Waals surface area contributed by atoms with Crippen LogP contribution >= 0.6 is 11.3 Å². The highest BCUT2D eigenvalue weighted by Crippen LogP contribution is 2.27. The van der Waals surface area contributed by atoms with Crippen molar-refractivity contribution in [2.75, 3.05) is 0 Å². The minimum atomic E-state index is -0.489. The largest absolute Gasteiger partial charge is 0.422 e. The molecule has 1 aliphatic rings. The quantitative estimate of drug-likeness (QED) is 0.496. The first kappa shape index (κ1) is 13.7. The van der Waals surface area contributed by atoms with Crippen LogP contribution < -0.4 is 4.74 Å². The van der Waals surface area contributed by atoms with Crippen LogP contribution in [0.15, 0.2) is 29.6 Å². The number of benzene rings is 1. The number of ketones is 2. The molecule has 0 atom stereocenters. The number of carbonyl (C=O) groups excluding carboxylic acids is 3. The van der Waals surface area contributed by atoms with E-state index < -0.39 is 5.97 Å². The third-order valence-electron chi connectivity index (χ3n) is 3.42. The molecule has 3 rings (SSSR count). The van der Waals surface area contributed by atoms with Gasteiger partial charge in [0.25, 0.3) is 0 Å². The Morgan fingerprint density at radius 1 is 1.19 bits per heavy atom. The normalized spacial score (nSPS) is 13.1. The van der Waals surface area contributed by atoms with Gasteiger partial charge in [0.05, 0.1) is 0 Å². The van der Waals surface area contributed by atoms with E-state index in [4.69, 9.17) is 4.74 Å². The van der Waals surface area contributed by atoms with E-state index in [2.05, 4.69) is 0 Å². The summed E-state index contributed by atoms with van der Waals surface area (Å²) in [5, 5.41) is 1.64. The predicted octanol–water partition coefficient (Wildman–Crippen LogP) is 3.30. The van der Waals surface area contributed by atoms with Crippen LogP contribution in [0.4, 0.5) is 0 Å². The topological polar surface area (TPSA) is 60.4 Å². The summed E-state index contributed by atoms with van der Waals surface area (Å²) in [5.41, 5.74) is 2.14. The van der Waals surface area contributed by atoms with Gasteiger partial charge in [0.15, 0.2) is 11.6 Å². The molecule has 0 amide bonds. The maximum absolute atomic E-state index is 12.0. The molecule has 106 valence electrons. The van der Waals surface area contributed by atoms with Gasteiger partial charge in [-0.2, -0.15) is 0 Å². The van der Waals surface area contributed by atoms with E-state index >= 15 is 0 Å². The van der Waals surface area contributed by atoms with E-state index in [0.717, 1.165) is 5.56 Å². The average molecular weight is 300 g/mol. The van der Waals surface area contributed by atoms with Crippen LogP contribution in [-0.4, -0.2) is 17.5 Å². The second-order valence-corrected chi connectivity index (χ2v) is 5.80. The Labute approximate surface area is 125 Å². The molecule has 0 fully saturated rings. The molecule has 2 aromatic rings. The number of aryl methyl sites for hydroxylation is 1. The highest BCUT2D eigenvalue weighted by molar-refractivity contribution is 7.12. The molecule has 0 spiro atoms. The monoisotopic (exact) mass is 300 g/mol. The van der Waals surface area contributed by atoms with Gasteiger partial charge in [-0.25, -0.2) is 4.79 Å². The molecular formula is C16H12O4S.